The Morgan fingerprint density at radius 1 is 0.909 bits per heavy atom. The lowest BCUT2D eigenvalue weighted by Gasteiger charge is -2.36. The lowest BCUT2D eigenvalue weighted by atomic mass is 10.0. The quantitative estimate of drug-likeness (QED) is 0.246. The monoisotopic (exact) mass is 605 g/mol. The molecule has 5 heterocycles. The third-order valence-electron chi connectivity index (χ3n) is 7.92. The molecule has 0 spiro atoms. The number of piperidine rings is 1. The molecule has 0 radical (unpaired) electrons. The van der Waals surface area contributed by atoms with Crippen LogP contribution in [0.15, 0.2) is 91.4 Å². The zero-order valence-corrected chi connectivity index (χ0v) is 24.5. The van der Waals surface area contributed by atoms with Gasteiger partial charge in [-0.05, 0) is 66.4 Å². The molecular formula is C33H31ClN10. The highest BCUT2D eigenvalue weighted by molar-refractivity contribution is 6.28. The summed E-state index contributed by atoms with van der Waals surface area (Å²) in [5.41, 5.74) is 12.4. The molecule has 7 rings (SSSR count). The van der Waals surface area contributed by atoms with Crippen molar-refractivity contribution in [2.45, 2.75) is 25.4 Å². The maximum absolute atomic E-state index is 8.11. The molecule has 2 N–H and O–H groups in total. The number of benzene rings is 2. The van der Waals surface area contributed by atoms with Crippen molar-refractivity contribution in [2.75, 3.05) is 30.7 Å². The summed E-state index contributed by atoms with van der Waals surface area (Å²) in [5.74, 6) is 1.13. The van der Waals surface area contributed by atoms with Gasteiger partial charge in [0.25, 0.3) is 0 Å². The number of nitrogens with two attached hydrogens (primary N) is 1. The number of halogens is 1. The van der Waals surface area contributed by atoms with E-state index in [1.54, 1.807) is 6.20 Å². The van der Waals surface area contributed by atoms with Gasteiger partial charge in [-0.3, -0.25) is 9.47 Å². The first-order valence-electron chi connectivity index (χ1n) is 15.9. The minimum Gasteiger partial charge on any atom is -0.383 e. The molecule has 0 unspecified atom stereocenters. The Hall–Kier alpha value is -4.93. The number of rotatable bonds is 7. The van der Waals surface area contributed by atoms with Gasteiger partial charge in [0.1, 0.15) is 17.7 Å². The molecule has 0 saturated carbocycles. The second kappa shape index (κ2) is 12.0. The zero-order valence-electron chi connectivity index (χ0n) is 26.8. The fourth-order valence-electron chi connectivity index (χ4n) is 5.65. The summed E-state index contributed by atoms with van der Waals surface area (Å²) < 4.78 is 26.4. The molecule has 0 atom stereocenters. The van der Waals surface area contributed by atoms with Crippen LogP contribution in [0.3, 0.4) is 0 Å². The van der Waals surface area contributed by atoms with Crippen molar-refractivity contribution in [3.05, 3.63) is 102 Å². The van der Waals surface area contributed by atoms with Gasteiger partial charge in [-0.2, -0.15) is 4.98 Å². The van der Waals surface area contributed by atoms with Crippen LogP contribution < -0.4 is 10.6 Å². The number of nitrogen functional groups attached to an aromatic ring is 1. The zero-order chi connectivity index (χ0) is 32.5. The molecule has 0 amide bonds. The van der Waals surface area contributed by atoms with Crippen LogP contribution in [0.2, 0.25) is 5.28 Å². The Morgan fingerprint density at radius 3 is 2.48 bits per heavy atom. The van der Waals surface area contributed by atoms with E-state index in [1.165, 1.54) is 11.2 Å². The summed E-state index contributed by atoms with van der Waals surface area (Å²) in [5, 5.41) is -0.0303. The van der Waals surface area contributed by atoms with E-state index in [-0.39, 0.29) is 17.3 Å². The number of nitrogens with zero attached hydrogens (tertiary/aromatic N) is 9. The van der Waals surface area contributed by atoms with E-state index in [2.05, 4.69) is 49.1 Å². The summed E-state index contributed by atoms with van der Waals surface area (Å²) in [6, 6.07) is 25.9. The maximum Gasteiger partial charge on any atom is 0.229 e. The highest BCUT2D eigenvalue weighted by Gasteiger charge is 2.24. The summed E-state index contributed by atoms with van der Waals surface area (Å²) >= 11 is 5.95. The third kappa shape index (κ3) is 5.57. The molecule has 10 nitrogen and oxygen atoms in total. The predicted octanol–water partition coefficient (Wildman–Crippen LogP) is 5.67. The molecule has 4 aromatic heterocycles. The van der Waals surface area contributed by atoms with Crippen molar-refractivity contribution in [1.29, 1.82) is 0 Å². The fraction of sp³-hybridized carbons (Fsp3) is 0.212. The van der Waals surface area contributed by atoms with Crippen molar-refractivity contribution in [3.8, 4) is 28.3 Å². The van der Waals surface area contributed by atoms with E-state index in [0.29, 0.717) is 24.5 Å². The molecule has 1 fully saturated rings. The van der Waals surface area contributed by atoms with Crippen LogP contribution in [0.5, 0.6) is 0 Å². The van der Waals surface area contributed by atoms with Gasteiger partial charge in [0.2, 0.25) is 11.2 Å². The SMILES string of the molecule is [2H]C([2H])([2H])N(c1ncnc(Cl)n1)C1CCN(Cc2ccc(-n3c(-c4cccnc4N)nc4ccc(-c5ccccc5)nc43)cc2)CC1. The summed E-state index contributed by atoms with van der Waals surface area (Å²) in [7, 11) is 0. The minimum absolute atomic E-state index is 0.0303. The second-order valence-electron chi connectivity index (χ2n) is 10.7. The maximum atomic E-state index is 8.11. The van der Waals surface area contributed by atoms with Crippen LogP contribution in [0, 0.1) is 0 Å². The smallest absolute Gasteiger partial charge is 0.229 e. The van der Waals surface area contributed by atoms with Crippen LogP contribution in [0.25, 0.3) is 39.5 Å². The molecule has 11 heteroatoms. The summed E-state index contributed by atoms with van der Waals surface area (Å²) in [6.45, 7) is -0.232. The largest absolute Gasteiger partial charge is 0.383 e. The number of likely N-dealkylation sites (tertiary alicyclic amines) is 1. The first-order chi connectivity index (χ1) is 22.7. The van der Waals surface area contributed by atoms with Crippen molar-refractivity contribution in [2.24, 2.45) is 0 Å². The molecule has 1 aliphatic heterocycles. The van der Waals surface area contributed by atoms with Gasteiger partial charge < -0.3 is 10.6 Å². The topological polar surface area (TPSA) is 115 Å². The summed E-state index contributed by atoms with van der Waals surface area (Å²) in [4.78, 5) is 29.9. The first kappa shape index (κ1) is 24.5. The lowest BCUT2D eigenvalue weighted by molar-refractivity contribution is 0.203. The highest BCUT2D eigenvalue weighted by atomic mass is 35.5. The Bertz CT molecular complexity index is 2010. The van der Waals surface area contributed by atoms with Crippen molar-refractivity contribution in [1.82, 2.24) is 39.4 Å². The van der Waals surface area contributed by atoms with Crippen molar-refractivity contribution < 1.29 is 4.11 Å². The second-order valence-corrected chi connectivity index (χ2v) is 11.0. The normalized spacial score (nSPS) is 15.5. The number of aromatic nitrogens is 7. The molecule has 2 aromatic carbocycles. The fourth-order valence-corrected chi connectivity index (χ4v) is 5.77. The molecule has 6 aromatic rings. The van der Waals surface area contributed by atoms with E-state index < -0.39 is 6.98 Å². The van der Waals surface area contributed by atoms with Gasteiger partial charge >= 0.3 is 0 Å². The van der Waals surface area contributed by atoms with E-state index in [4.69, 9.17) is 31.4 Å². The average Bonchev–Trinajstić information content (AvgIpc) is 3.45. The Balaban J connectivity index is 1.14. The van der Waals surface area contributed by atoms with Crippen LogP contribution >= 0.6 is 11.6 Å². The number of fused-ring (bicyclic) bond motifs is 1. The van der Waals surface area contributed by atoms with E-state index in [9.17, 15) is 0 Å². The number of imidazole rings is 1. The first-order valence-corrected chi connectivity index (χ1v) is 14.7. The van der Waals surface area contributed by atoms with E-state index in [1.807, 2.05) is 59.2 Å². The van der Waals surface area contributed by atoms with Gasteiger partial charge in [0, 0.05) is 54.2 Å². The molecular weight excluding hydrogens is 572 g/mol. The van der Waals surface area contributed by atoms with E-state index in [0.717, 1.165) is 58.9 Å². The van der Waals surface area contributed by atoms with Crippen LogP contribution in [-0.2, 0) is 6.54 Å². The van der Waals surface area contributed by atoms with Crippen molar-refractivity contribution in [3.63, 3.8) is 0 Å². The number of pyridine rings is 2. The highest BCUT2D eigenvalue weighted by Crippen LogP contribution is 2.32. The van der Waals surface area contributed by atoms with Gasteiger partial charge in [-0.25, -0.2) is 24.9 Å². The van der Waals surface area contributed by atoms with Gasteiger partial charge in [0.05, 0.1) is 11.3 Å². The Labute approximate surface area is 264 Å². The van der Waals surface area contributed by atoms with E-state index >= 15 is 0 Å². The molecule has 1 saturated heterocycles. The lowest BCUT2D eigenvalue weighted by Crippen LogP contribution is -2.43. The molecule has 0 aliphatic carbocycles. The van der Waals surface area contributed by atoms with Crippen molar-refractivity contribution >= 4 is 34.5 Å². The molecule has 44 heavy (non-hydrogen) atoms. The van der Waals surface area contributed by atoms with Gasteiger partial charge in [-0.1, -0.05) is 42.5 Å². The van der Waals surface area contributed by atoms with Gasteiger partial charge in [-0.15, -0.1) is 0 Å². The van der Waals surface area contributed by atoms with Crippen LogP contribution in [-0.4, -0.2) is 65.5 Å². The molecule has 220 valence electrons. The number of hydrogen-bond acceptors (Lipinski definition) is 9. The standard InChI is InChI=1S/C33H31ClN10/c1-42(33-38-21-37-32(34)41-33)24-15-18-43(19-16-24)20-22-9-11-25(12-10-22)44-30(26-8-5-17-36-29(26)35)40-28-14-13-27(39-31(28)44)23-6-3-2-4-7-23/h2-14,17,21,24H,15-16,18-20H2,1H3,(H2,35,36)/i1D3. The molecule has 0 bridgehead atoms. The number of anilines is 2. The molecule has 1 aliphatic rings. The Kier molecular flexibility index (Phi) is 6.67. The van der Waals surface area contributed by atoms with Crippen LogP contribution in [0.4, 0.5) is 11.8 Å². The Morgan fingerprint density at radius 2 is 1.73 bits per heavy atom. The van der Waals surface area contributed by atoms with Crippen LogP contribution in [0.1, 0.15) is 22.5 Å². The minimum atomic E-state index is -2.40. The van der Waals surface area contributed by atoms with Gasteiger partial charge in [0.15, 0.2) is 11.5 Å². The predicted molar refractivity (Wildman–Crippen MR) is 173 cm³/mol. The third-order valence-corrected chi connectivity index (χ3v) is 8.10. The summed E-state index contributed by atoms with van der Waals surface area (Å²) in [6.07, 6.45) is 4.19. The number of hydrogen-bond donors (Lipinski definition) is 1. The average molecular weight is 606 g/mol.